The molecule has 0 radical (unpaired) electrons. The first-order chi connectivity index (χ1) is 29.3. The van der Waals surface area contributed by atoms with Gasteiger partial charge in [-0.3, -0.25) is 38.6 Å². The number of nitrogens with one attached hydrogen (secondary N) is 2. The zero-order chi connectivity index (χ0) is 44.1. The predicted molar refractivity (Wildman–Crippen MR) is 235 cm³/mol. The lowest BCUT2D eigenvalue weighted by Gasteiger charge is -2.36. The second-order valence-electron chi connectivity index (χ2n) is 15.8. The van der Waals surface area contributed by atoms with Gasteiger partial charge in [0.1, 0.15) is 18.1 Å². The van der Waals surface area contributed by atoms with Gasteiger partial charge in [-0.25, -0.2) is 0 Å². The molecule has 0 bridgehead atoms. The van der Waals surface area contributed by atoms with Gasteiger partial charge in [-0.15, -0.1) is 6.58 Å². The van der Waals surface area contributed by atoms with Gasteiger partial charge < -0.3 is 31.9 Å². The lowest BCUT2D eigenvalue weighted by atomic mass is 9.92. The number of primary amides is 2. The Hall–Kier alpha value is -6.30. The highest BCUT2D eigenvalue weighted by atomic mass is 16.2. The van der Waals surface area contributed by atoms with Crippen LogP contribution < -0.4 is 22.1 Å². The van der Waals surface area contributed by atoms with Crippen molar-refractivity contribution in [2.24, 2.45) is 17.4 Å². The van der Waals surface area contributed by atoms with Crippen LogP contribution >= 0.6 is 0 Å². The van der Waals surface area contributed by atoms with Crippen molar-refractivity contribution in [1.29, 1.82) is 0 Å². The largest absolute Gasteiger partial charge is 0.369 e. The number of likely N-dealkylation sites (N-methyl/N-ethyl adjacent to an activating group) is 2. The molecule has 3 aliphatic rings. The van der Waals surface area contributed by atoms with Gasteiger partial charge in [0.2, 0.25) is 35.4 Å². The summed E-state index contributed by atoms with van der Waals surface area (Å²) in [4.78, 5) is 85.2. The highest BCUT2D eigenvalue weighted by molar-refractivity contribution is 5.98. The van der Waals surface area contributed by atoms with Crippen LogP contribution in [0.4, 0.5) is 5.69 Å². The van der Waals surface area contributed by atoms with E-state index in [4.69, 9.17) is 11.5 Å². The Kier molecular flexibility index (Phi) is 16.4. The summed E-state index contributed by atoms with van der Waals surface area (Å²) in [6.45, 7) is 6.37. The number of hydrogen-bond donors (Lipinski definition) is 4. The Morgan fingerprint density at radius 3 is 1.98 bits per heavy atom. The number of rotatable bonds is 17. The van der Waals surface area contributed by atoms with Gasteiger partial charge in [0.25, 0.3) is 0 Å². The van der Waals surface area contributed by atoms with Crippen LogP contribution in [0.2, 0.25) is 0 Å². The minimum Gasteiger partial charge on any atom is -0.369 e. The third kappa shape index (κ3) is 12.1. The van der Waals surface area contributed by atoms with Gasteiger partial charge in [-0.2, -0.15) is 0 Å². The number of carbonyl (C=O) groups excluding carboxylic acids is 6. The molecule has 0 saturated carbocycles. The average molecular weight is 831 g/mol. The summed E-state index contributed by atoms with van der Waals surface area (Å²) >= 11 is 0. The molecule has 0 aromatic heterocycles. The van der Waals surface area contributed by atoms with Crippen LogP contribution in [0.15, 0.2) is 103 Å². The number of nitrogens with two attached hydrogens (primary N) is 2. The van der Waals surface area contributed by atoms with Crippen LogP contribution in [0.5, 0.6) is 0 Å². The second kappa shape index (κ2) is 21.8. The summed E-state index contributed by atoms with van der Waals surface area (Å²) < 4.78 is 0. The van der Waals surface area contributed by atoms with E-state index >= 15 is 0 Å². The molecule has 322 valence electrons. The molecule has 2 heterocycles. The van der Waals surface area contributed by atoms with E-state index in [1.165, 1.54) is 0 Å². The third-order valence-electron chi connectivity index (χ3n) is 11.2. The minimum absolute atomic E-state index is 0.101. The average Bonchev–Trinajstić information content (AvgIpc) is 3.93. The molecular formula is C47H58N8O6. The van der Waals surface area contributed by atoms with Crippen molar-refractivity contribution < 1.29 is 28.8 Å². The van der Waals surface area contributed by atoms with Gasteiger partial charge in [0, 0.05) is 41.5 Å². The molecule has 61 heavy (non-hydrogen) atoms. The number of amides is 6. The van der Waals surface area contributed by atoms with Crippen LogP contribution in [0.25, 0.3) is 0 Å². The molecule has 2 aliphatic heterocycles. The van der Waals surface area contributed by atoms with Gasteiger partial charge in [-0.1, -0.05) is 60.4 Å². The Balaban J connectivity index is 1.18. The normalized spacial score (nSPS) is 19.0. The maximum Gasteiger partial charge on any atom is 0.247 e. The van der Waals surface area contributed by atoms with Crippen molar-refractivity contribution in [3.05, 3.63) is 114 Å². The Bertz CT molecular complexity index is 2100. The molecule has 6 amide bonds. The number of likely N-dealkylation sites (tertiary alicyclic amines) is 2. The standard InChI is InChI=1S/C47H58N8O6/c1-5-12-34(13-6-2)42(52(3)30-40(48)56)46(60)54-28-10-16-38(54)44(58)50-36-24-20-32(21-25-36)18-19-33-22-26-37(27-23-33)51-45(59)39-17-11-29-55(39)47(61)43(53(4)31-41(49)57)35-14-8-7-9-15-35/h5-9,13-15,20-22,24-26,34,38-39,42-43H,1,10-12,16-17,23,27-31H2,2-4H3,(H2,48,56)(H2,49,57)(H,50,58)(H,51,59)/b13-6-/t34?,38-,39-,42?,43?/m0/s1. The van der Waals surface area contributed by atoms with E-state index in [2.05, 4.69) is 29.1 Å². The summed E-state index contributed by atoms with van der Waals surface area (Å²) in [6, 6.07) is 13.6. The number of hydrogen-bond acceptors (Lipinski definition) is 8. The second-order valence-corrected chi connectivity index (χ2v) is 15.8. The molecular weight excluding hydrogens is 773 g/mol. The van der Waals surface area contributed by atoms with Crippen molar-refractivity contribution in [3.8, 4) is 11.8 Å². The first-order valence-electron chi connectivity index (χ1n) is 20.8. The minimum atomic E-state index is -0.761. The van der Waals surface area contributed by atoms with Gasteiger partial charge >= 0.3 is 0 Å². The fourth-order valence-electron chi connectivity index (χ4n) is 8.39. The van der Waals surface area contributed by atoms with E-state index < -0.39 is 36.0 Å². The molecule has 2 aromatic carbocycles. The Labute approximate surface area is 358 Å². The molecule has 2 aromatic rings. The van der Waals surface area contributed by atoms with Crippen molar-refractivity contribution >= 4 is 41.1 Å². The summed E-state index contributed by atoms with van der Waals surface area (Å²) in [5.41, 5.74) is 14.6. The SMILES string of the molecule is C=CCC(/C=C\C)C(C(=O)N1CCC[C@H]1C(=O)Nc1ccc(C#CC2=CC=C(NC(=O)[C@@H]3CCCN3C(=O)C(c3ccccc3)N(C)CC(N)=O)CC2)cc1)N(C)CC(N)=O. The Morgan fingerprint density at radius 2 is 1.41 bits per heavy atom. The highest BCUT2D eigenvalue weighted by Crippen LogP contribution is 2.29. The van der Waals surface area contributed by atoms with Crippen molar-refractivity contribution in [3.63, 3.8) is 0 Å². The lowest BCUT2D eigenvalue weighted by Crippen LogP contribution is -2.55. The van der Waals surface area contributed by atoms with Gasteiger partial charge in [0.05, 0.1) is 19.1 Å². The number of anilines is 1. The first-order valence-corrected chi connectivity index (χ1v) is 20.8. The maximum atomic E-state index is 14.0. The Morgan fingerprint density at radius 1 is 0.803 bits per heavy atom. The monoisotopic (exact) mass is 830 g/mol. The number of allylic oxidation sites excluding steroid dienone is 6. The van der Waals surface area contributed by atoms with Crippen LogP contribution in [-0.2, 0) is 28.8 Å². The van der Waals surface area contributed by atoms with Crippen LogP contribution in [-0.4, -0.2) is 113 Å². The molecule has 2 saturated heterocycles. The smallest absolute Gasteiger partial charge is 0.247 e. The highest BCUT2D eigenvalue weighted by Gasteiger charge is 2.42. The summed E-state index contributed by atoms with van der Waals surface area (Å²) in [5.74, 6) is 4.02. The zero-order valence-electron chi connectivity index (χ0n) is 35.3. The van der Waals surface area contributed by atoms with Crippen molar-refractivity contribution in [2.75, 3.05) is 45.6 Å². The third-order valence-corrected chi connectivity index (χ3v) is 11.2. The molecule has 5 rings (SSSR count). The maximum absolute atomic E-state index is 14.0. The molecule has 14 nitrogen and oxygen atoms in total. The molecule has 1 aliphatic carbocycles. The molecule has 14 heteroatoms. The molecule has 5 atom stereocenters. The molecule has 6 N–H and O–H groups in total. The first kappa shape index (κ1) is 45.8. The van der Waals surface area contributed by atoms with E-state index in [-0.39, 0.29) is 42.6 Å². The van der Waals surface area contributed by atoms with Gasteiger partial charge in [-0.05, 0) is 108 Å². The number of carbonyl (C=O) groups is 6. The van der Waals surface area contributed by atoms with Crippen LogP contribution in [0.3, 0.4) is 0 Å². The quantitative estimate of drug-likeness (QED) is 0.138. The van der Waals surface area contributed by atoms with Crippen molar-refractivity contribution in [2.45, 2.75) is 76.0 Å². The van der Waals surface area contributed by atoms with Crippen molar-refractivity contribution in [1.82, 2.24) is 24.9 Å². The van der Waals surface area contributed by atoms with E-state index in [0.717, 1.165) is 22.4 Å². The van der Waals surface area contributed by atoms with Gasteiger partial charge in [0.15, 0.2) is 0 Å². The molecule has 3 unspecified atom stereocenters. The molecule has 2 fully saturated rings. The topological polar surface area (TPSA) is 191 Å². The summed E-state index contributed by atoms with van der Waals surface area (Å²) in [5, 5.41) is 5.99. The fourth-order valence-corrected chi connectivity index (χ4v) is 8.39. The number of nitrogens with zero attached hydrogens (tertiary/aromatic N) is 4. The van der Waals surface area contributed by atoms with E-state index in [0.29, 0.717) is 63.7 Å². The van der Waals surface area contributed by atoms with Crippen LogP contribution in [0, 0.1) is 17.8 Å². The summed E-state index contributed by atoms with van der Waals surface area (Å²) in [6.07, 6.45) is 13.4. The van der Waals surface area contributed by atoms with Crippen LogP contribution in [0.1, 0.15) is 69.0 Å². The van der Waals surface area contributed by atoms with E-state index in [9.17, 15) is 28.8 Å². The summed E-state index contributed by atoms with van der Waals surface area (Å²) in [7, 11) is 3.37. The number of benzene rings is 2. The van der Waals surface area contributed by atoms with E-state index in [1.54, 1.807) is 51.9 Å². The van der Waals surface area contributed by atoms with E-state index in [1.807, 2.05) is 73.7 Å². The fraction of sp³-hybridized carbons (Fsp3) is 0.404. The zero-order valence-corrected chi connectivity index (χ0v) is 35.3. The predicted octanol–water partition coefficient (Wildman–Crippen LogP) is 3.39. The molecule has 0 spiro atoms. The lowest BCUT2D eigenvalue weighted by molar-refractivity contribution is -0.143.